The van der Waals surface area contributed by atoms with Gasteiger partial charge in [-0.3, -0.25) is 4.79 Å². The minimum atomic E-state index is -4.77. The molecule has 2 aliphatic rings. The second kappa shape index (κ2) is 9.30. The smallest absolute Gasteiger partial charge is 0.406 e. The Morgan fingerprint density at radius 3 is 2.56 bits per heavy atom. The summed E-state index contributed by atoms with van der Waals surface area (Å²) in [7, 11) is 0. The fraction of sp³-hybridized carbons (Fsp3) is 0.391. The van der Waals surface area contributed by atoms with Gasteiger partial charge in [-0.1, -0.05) is 24.3 Å². The Morgan fingerprint density at radius 1 is 1.22 bits per heavy atom. The summed E-state index contributed by atoms with van der Waals surface area (Å²) >= 11 is 0. The number of benzene rings is 1. The van der Waals surface area contributed by atoms with Crippen molar-refractivity contribution >= 4 is 11.5 Å². The number of hydrogen-bond donors (Lipinski definition) is 3. The highest BCUT2D eigenvalue weighted by atomic mass is 19.4. The number of carbonyl (C=O) groups is 1. The number of ether oxygens (including phenoxy) is 1. The Bertz CT molecular complexity index is 1000. The van der Waals surface area contributed by atoms with Crippen molar-refractivity contribution in [3.8, 4) is 5.75 Å². The standard InChI is InChI=1S/C23H24F3N3O3/c24-23(25,26)32-17-5-1-14(2-6-17)19(13-30)18-7-8-20(22(31)28-16-3-4-16)29-21(18)15-9-11-27-12-10-15/h1-2,5-9,16,19,27,30H,3-4,10-13H2,(H,28,31)/t19-/m1/s1. The Hall–Kier alpha value is -2.91. The zero-order valence-corrected chi connectivity index (χ0v) is 17.3. The lowest BCUT2D eigenvalue weighted by molar-refractivity contribution is -0.274. The van der Waals surface area contributed by atoms with Crippen LogP contribution in [0.25, 0.3) is 5.57 Å². The topological polar surface area (TPSA) is 83.5 Å². The minimum Gasteiger partial charge on any atom is -0.406 e. The summed E-state index contributed by atoms with van der Waals surface area (Å²) in [6, 6.07) is 9.04. The van der Waals surface area contributed by atoms with Gasteiger partial charge in [0.05, 0.1) is 12.3 Å². The van der Waals surface area contributed by atoms with E-state index in [-0.39, 0.29) is 24.3 Å². The van der Waals surface area contributed by atoms with Crippen molar-refractivity contribution in [3.05, 3.63) is 65.0 Å². The molecule has 1 aliphatic heterocycles. The molecule has 0 spiro atoms. The Balaban J connectivity index is 1.67. The number of aromatic nitrogens is 1. The highest BCUT2D eigenvalue weighted by molar-refractivity contribution is 5.93. The molecule has 3 N–H and O–H groups in total. The molecule has 1 aromatic heterocycles. The summed E-state index contributed by atoms with van der Waals surface area (Å²) in [5, 5.41) is 16.3. The predicted octanol–water partition coefficient (Wildman–Crippen LogP) is 3.37. The van der Waals surface area contributed by atoms with Crippen molar-refractivity contribution in [2.75, 3.05) is 19.7 Å². The summed E-state index contributed by atoms with van der Waals surface area (Å²) in [6.07, 6.45) is -0.119. The molecule has 1 saturated carbocycles. The van der Waals surface area contributed by atoms with E-state index >= 15 is 0 Å². The van der Waals surface area contributed by atoms with Gasteiger partial charge in [0.1, 0.15) is 11.4 Å². The largest absolute Gasteiger partial charge is 0.573 e. The number of rotatable bonds is 7. The Labute approximate surface area is 183 Å². The van der Waals surface area contributed by atoms with Crippen molar-refractivity contribution in [1.82, 2.24) is 15.6 Å². The molecule has 4 rings (SSSR count). The van der Waals surface area contributed by atoms with Gasteiger partial charge < -0.3 is 20.5 Å². The first-order chi connectivity index (χ1) is 15.3. The Kier molecular flexibility index (Phi) is 6.48. The normalized spacial score (nSPS) is 17.4. The highest BCUT2D eigenvalue weighted by Crippen LogP contribution is 2.33. The van der Waals surface area contributed by atoms with Crippen LogP contribution >= 0.6 is 0 Å². The number of carbonyl (C=O) groups excluding carboxylic acids is 1. The number of alkyl halides is 3. The first-order valence-corrected chi connectivity index (χ1v) is 10.5. The zero-order valence-electron chi connectivity index (χ0n) is 17.3. The number of nitrogens with zero attached hydrogens (tertiary/aromatic N) is 1. The third-order valence-corrected chi connectivity index (χ3v) is 5.51. The van der Waals surface area contributed by atoms with E-state index in [1.165, 1.54) is 24.3 Å². The number of aliphatic hydroxyl groups is 1. The van der Waals surface area contributed by atoms with Crippen LogP contribution in [-0.2, 0) is 0 Å². The fourth-order valence-electron chi connectivity index (χ4n) is 3.74. The van der Waals surface area contributed by atoms with Gasteiger partial charge in [-0.25, -0.2) is 4.98 Å². The first kappa shape index (κ1) is 22.3. The van der Waals surface area contributed by atoms with Crippen LogP contribution < -0.4 is 15.4 Å². The number of aliphatic hydroxyl groups excluding tert-OH is 1. The Morgan fingerprint density at radius 2 is 1.97 bits per heavy atom. The van der Waals surface area contributed by atoms with Gasteiger partial charge in [0.2, 0.25) is 0 Å². The van der Waals surface area contributed by atoms with E-state index in [2.05, 4.69) is 20.4 Å². The van der Waals surface area contributed by atoms with E-state index in [9.17, 15) is 23.1 Å². The van der Waals surface area contributed by atoms with Crippen LogP contribution in [0.4, 0.5) is 13.2 Å². The van der Waals surface area contributed by atoms with Crippen molar-refractivity contribution in [1.29, 1.82) is 0 Å². The molecule has 2 aromatic rings. The van der Waals surface area contributed by atoms with Crippen molar-refractivity contribution in [3.63, 3.8) is 0 Å². The molecule has 2 heterocycles. The van der Waals surface area contributed by atoms with Crippen LogP contribution in [0.15, 0.2) is 42.5 Å². The van der Waals surface area contributed by atoms with Gasteiger partial charge in [0.15, 0.2) is 0 Å². The van der Waals surface area contributed by atoms with Gasteiger partial charge in [-0.05, 0) is 60.7 Å². The maximum atomic E-state index is 12.5. The molecule has 1 aliphatic carbocycles. The van der Waals surface area contributed by atoms with E-state index in [4.69, 9.17) is 0 Å². The highest BCUT2D eigenvalue weighted by Gasteiger charge is 2.31. The minimum absolute atomic E-state index is 0.202. The van der Waals surface area contributed by atoms with E-state index in [1.807, 2.05) is 6.08 Å². The maximum absolute atomic E-state index is 12.5. The van der Waals surface area contributed by atoms with Crippen LogP contribution in [0.2, 0.25) is 0 Å². The molecule has 0 bridgehead atoms. The quantitative estimate of drug-likeness (QED) is 0.606. The van der Waals surface area contributed by atoms with Gasteiger partial charge in [-0.2, -0.15) is 0 Å². The summed E-state index contributed by atoms with van der Waals surface area (Å²) in [4.78, 5) is 17.2. The number of pyridine rings is 1. The van der Waals surface area contributed by atoms with E-state index in [0.29, 0.717) is 35.5 Å². The van der Waals surface area contributed by atoms with Crippen LogP contribution in [0.1, 0.15) is 52.5 Å². The fourth-order valence-corrected chi connectivity index (χ4v) is 3.74. The summed E-state index contributed by atoms with van der Waals surface area (Å²) in [5.41, 5.74) is 3.24. The molecule has 170 valence electrons. The lowest BCUT2D eigenvalue weighted by Crippen LogP contribution is -2.27. The summed E-state index contributed by atoms with van der Waals surface area (Å²) in [6.45, 7) is 1.16. The monoisotopic (exact) mass is 447 g/mol. The molecule has 1 fully saturated rings. The molecule has 32 heavy (non-hydrogen) atoms. The average molecular weight is 447 g/mol. The molecule has 6 nitrogen and oxygen atoms in total. The van der Waals surface area contributed by atoms with Gasteiger partial charge in [0.25, 0.3) is 5.91 Å². The van der Waals surface area contributed by atoms with Gasteiger partial charge in [0, 0.05) is 18.5 Å². The third-order valence-electron chi connectivity index (χ3n) is 5.51. The molecule has 0 radical (unpaired) electrons. The number of hydrogen-bond acceptors (Lipinski definition) is 5. The second-order valence-electron chi connectivity index (χ2n) is 7.92. The predicted molar refractivity (Wildman–Crippen MR) is 112 cm³/mol. The molecule has 9 heteroatoms. The van der Waals surface area contributed by atoms with E-state index < -0.39 is 12.3 Å². The number of nitrogens with one attached hydrogen (secondary N) is 2. The molecular formula is C23H24F3N3O3. The third kappa shape index (κ3) is 5.46. The van der Waals surface area contributed by atoms with E-state index in [1.54, 1.807) is 12.1 Å². The SMILES string of the molecule is O=C(NC1CC1)c1ccc([C@H](CO)c2ccc(OC(F)(F)F)cc2)c(C2=CCNCC2)n1. The molecule has 1 amide bonds. The first-order valence-electron chi connectivity index (χ1n) is 10.5. The lowest BCUT2D eigenvalue weighted by Gasteiger charge is -2.22. The van der Waals surface area contributed by atoms with Crippen molar-refractivity contribution in [2.45, 2.75) is 37.6 Å². The molecular weight excluding hydrogens is 423 g/mol. The van der Waals surface area contributed by atoms with Crippen molar-refractivity contribution in [2.24, 2.45) is 0 Å². The zero-order chi connectivity index (χ0) is 22.7. The lowest BCUT2D eigenvalue weighted by atomic mass is 9.87. The summed E-state index contributed by atoms with van der Waals surface area (Å²) in [5.74, 6) is -1.08. The van der Waals surface area contributed by atoms with Gasteiger partial charge in [-0.15, -0.1) is 13.2 Å². The molecule has 0 saturated heterocycles. The average Bonchev–Trinajstić information content (AvgIpc) is 3.59. The van der Waals surface area contributed by atoms with Crippen LogP contribution in [0, 0.1) is 0 Å². The second-order valence-corrected chi connectivity index (χ2v) is 7.92. The van der Waals surface area contributed by atoms with Crippen LogP contribution in [0.5, 0.6) is 5.75 Å². The molecule has 1 aromatic carbocycles. The molecule has 0 unspecified atom stereocenters. The maximum Gasteiger partial charge on any atom is 0.573 e. The number of halogens is 3. The van der Waals surface area contributed by atoms with Crippen molar-refractivity contribution < 1.29 is 27.8 Å². The van der Waals surface area contributed by atoms with Crippen LogP contribution in [-0.4, -0.2) is 48.1 Å². The number of amides is 1. The summed E-state index contributed by atoms with van der Waals surface area (Å²) < 4.78 is 41.3. The molecule has 1 atom stereocenters. The van der Waals surface area contributed by atoms with E-state index in [0.717, 1.165) is 25.0 Å². The van der Waals surface area contributed by atoms with Gasteiger partial charge >= 0.3 is 6.36 Å². The van der Waals surface area contributed by atoms with Crippen LogP contribution in [0.3, 0.4) is 0 Å².